The molecule has 0 spiro atoms. The zero-order valence-corrected chi connectivity index (χ0v) is 9.19. The standard InChI is InChI=1S/C11H16FN3O/c1-7-2-3-10(16-7)11(15-13)8-4-9(12)6-14-5-8/h4-7,10-11,15H,2-3,13H2,1H3. The molecule has 0 bridgehead atoms. The van der Waals surface area contributed by atoms with Gasteiger partial charge in [-0.2, -0.15) is 0 Å². The number of aromatic nitrogens is 1. The summed E-state index contributed by atoms with van der Waals surface area (Å²) >= 11 is 0. The molecule has 1 fully saturated rings. The first kappa shape index (κ1) is 11.4. The summed E-state index contributed by atoms with van der Waals surface area (Å²) in [6.07, 6.45) is 4.94. The molecule has 4 nitrogen and oxygen atoms in total. The lowest BCUT2D eigenvalue weighted by molar-refractivity contribution is 0.0315. The molecular weight excluding hydrogens is 209 g/mol. The largest absolute Gasteiger partial charge is 0.373 e. The molecule has 3 atom stereocenters. The molecule has 2 heterocycles. The van der Waals surface area contributed by atoms with E-state index in [9.17, 15) is 4.39 Å². The minimum Gasteiger partial charge on any atom is -0.373 e. The number of nitrogens with one attached hydrogen (secondary N) is 1. The highest BCUT2D eigenvalue weighted by Gasteiger charge is 2.30. The number of nitrogens with zero attached hydrogens (tertiary/aromatic N) is 1. The van der Waals surface area contributed by atoms with Crippen LogP contribution in [0.25, 0.3) is 0 Å². The SMILES string of the molecule is CC1CCC(C(NN)c2cncc(F)c2)O1. The number of ether oxygens (including phenoxy) is 1. The molecule has 1 aromatic rings. The number of hydrazine groups is 1. The van der Waals surface area contributed by atoms with Crippen LogP contribution in [0.3, 0.4) is 0 Å². The summed E-state index contributed by atoms with van der Waals surface area (Å²) < 4.78 is 18.8. The Labute approximate surface area is 94.0 Å². The fraction of sp³-hybridized carbons (Fsp3) is 0.545. The third-order valence-corrected chi connectivity index (χ3v) is 2.90. The lowest BCUT2D eigenvalue weighted by atomic mass is 10.0. The van der Waals surface area contributed by atoms with Gasteiger partial charge in [0.25, 0.3) is 0 Å². The maximum Gasteiger partial charge on any atom is 0.141 e. The van der Waals surface area contributed by atoms with Crippen LogP contribution in [0.1, 0.15) is 31.4 Å². The lowest BCUT2D eigenvalue weighted by Crippen LogP contribution is -2.36. The van der Waals surface area contributed by atoms with E-state index in [1.165, 1.54) is 12.3 Å². The molecule has 0 amide bonds. The average molecular weight is 225 g/mol. The fourth-order valence-electron chi connectivity index (χ4n) is 2.10. The molecule has 0 saturated carbocycles. The van der Waals surface area contributed by atoms with Gasteiger partial charge in [0.15, 0.2) is 0 Å². The molecule has 0 radical (unpaired) electrons. The van der Waals surface area contributed by atoms with E-state index in [1.807, 2.05) is 6.92 Å². The van der Waals surface area contributed by atoms with Crippen molar-refractivity contribution in [2.45, 2.75) is 38.0 Å². The van der Waals surface area contributed by atoms with Crippen LogP contribution in [0.15, 0.2) is 18.5 Å². The number of hydrogen-bond donors (Lipinski definition) is 2. The Hall–Kier alpha value is -1.04. The summed E-state index contributed by atoms with van der Waals surface area (Å²) in [5.41, 5.74) is 3.40. The molecule has 1 aliphatic heterocycles. The Bertz CT molecular complexity index is 361. The Kier molecular flexibility index (Phi) is 3.48. The second-order valence-electron chi connectivity index (χ2n) is 4.14. The van der Waals surface area contributed by atoms with Gasteiger partial charge < -0.3 is 4.74 Å². The van der Waals surface area contributed by atoms with Crippen LogP contribution in [0.2, 0.25) is 0 Å². The molecule has 1 saturated heterocycles. The first-order valence-corrected chi connectivity index (χ1v) is 5.42. The lowest BCUT2D eigenvalue weighted by Gasteiger charge is -2.22. The second kappa shape index (κ2) is 4.86. The van der Waals surface area contributed by atoms with E-state index in [2.05, 4.69) is 10.4 Å². The molecule has 2 rings (SSSR count). The Balaban J connectivity index is 2.16. The van der Waals surface area contributed by atoms with Crippen LogP contribution in [0, 0.1) is 5.82 Å². The van der Waals surface area contributed by atoms with Gasteiger partial charge >= 0.3 is 0 Å². The molecule has 5 heteroatoms. The third kappa shape index (κ3) is 2.37. The Morgan fingerprint density at radius 3 is 2.94 bits per heavy atom. The predicted octanol–water partition coefficient (Wildman–Crippen LogP) is 1.29. The summed E-state index contributed by atoms with van der Waals surface area (Å²) in [4.78, 5) is 3.82. The van der Waals surface area contributed by atoms with Crippen LogP contribution >= 0.6 is 0 Å². The number of hydrogen-bond acceptors (Lipinski definition) is 4. The third-order valence-electron chi connectivity index (χ3n) is 2.90. The maximum absolute atomic E-state index is 13.1. The van der Waals surface area contributed by atoms with Gasteiger partial charge in [0, 0.05) is 6.20 Å². The topological polar surface area (TPSA) is 60.2 Å². The monoisotopic (exact) mass is 225 g/mol. The highest BCUT2D eigenvalue weighted by molar-refractivity contribution is 5.16. The summed E-state index contributed by atoms with van der Waals surface area (Å²) in [6.45, 7) is 2.03. The van der Waals surface area contributed by atoms with Crippen molar-refractivity contribution in [2.75, 3.05) is 0 Å². The van der Waals surface area contributed by atoms with Crippen molar-refractivity contribution in [1.82, 2.24) is 10.4 Å². The molecule has 88 valence electrons. The smallest absolute Gasteiger partial charge is 0.141 e. The average Bonchev–Trinajstić information content (AvgIpc) is 2.66. The summed E-state index contributed by atoms with van der Waals surface area (Å²) in [6, 6.07) is 1.23. The van der Waals surface area contributed by atoms with Crippen LogP contribution in [-0.2, 0) is 4.74 Å². The second-order valence-corrected chi connectivity index (χ2v) is 4.14. The Morgan fingerprint density at radius 2 is 2.38 bits per heavy atom. The van der Waals surface area contributed by atoms with Crippen LogP contribution in [-0.4, -0.2) is 17.2 Å². The summed E-state index contributed by atoms with van der Waals surface area (Å²) in [5.74, 6) is 5.14. The van der Waals surface area contributed by atoms with Crippen molar-refractivity contribution in [1.29, 1.82) is 0 Å². The van der Waals surface area contributed by atoms with Crippen molar-refractivity contribution in [2.24, 2.45) is 5.84 Å². The van der Waals surface area contributed by atoms with E-state index in [-0.39, 0.29) is 24.1 Å². The number of rotatable bonds is 3. The minimum absolute atomic E-state index is 0.0106. The van der Waals surface area contributed by atoms with Gasteiger partial charge in [-0.25, -0.2) is 4.39 Å². The van der Waals surface area contributed by atoms with E-state index in [1.54, 1.807) is 6.20 Å². The molecule has 1 aromatic heterocycles. The normalized spacial score (nSPS) is 26.9. The highest BCUT2D eigenvalue weighted by Crippen LogP contribution is 2.29. The first-order valence-electron chi connectivity index (χ1n) is 5.42. The van der Waals surface area contributed by atoms with Crippen molar-refractivity contribution in [3.63, 3.8) is 0 Å². The van der Waals surface area contributed by atoms with Crippen molar-refractivity contribution in [3.05, 3.63) is 29.8 Å². The molecule has 0 aliphatic carbocycles. The van der Waals surface area contributed by atoms with E-state index in [4.69, 9.17) is 10.6 Å². The summed E-state index contributed by atoms with van der Waals surface area (Å²) in [7, 11) is 0. The quantitative estimate of drug-likeness (QED) is 0.601. The van der Waals surface area contributed by atoms with Gasteiger partial charge in [0.1, 0.15) is 5.82 Å². The van der Waals surface area contributed by atoms with Crippen LogP contribution in [0.4, 0.5) is 4.39 Å². The number of nitrogens with two attached hydrogens (primary N) is 1. The van der Waals surface area contributed by atoms with E-state index in [0.29, 0.717) is 0 Å². The summed E-state index contributed by atoms with van der Waals surface area (Å²) in [5, 5.41) is 0. The molecule has 0 aromatic carbocycles. The molecule has 3 unspecified atom stereocenters. The van der Waals surface area contributed by atoms with E-state index in [0.717, 1.165) is 18.4 Å². The van der Waals surface area contributed by atoms with Gasteiger partial charge in [0.2, 0.25) is 0 Å². The molecule has 1 aliphatic rings. The van der Waals surface area contributed by atoms with Gasteiger partial charge in [-0.05, 0) is 31.4 Å². The van der Waals surface area contributed by atoms with E-state index < -0.39 is 0 Å². The predicted molar refractivity (Wildman–Crippen MR) is 57.8 cm³/mol. The number of halogens is 1. The van der Waals surface area contributed by atoms with Crippen LogP contribution in [0.5, 0.6) is 0 Å². The van der Waals surface area contributed by atoms with Gasteiger partial charge in [-0.15, -0.1) is 0 Å². The highest BCUT2D eigenvalue weighted by atomic mass is 19.1. The van der Waals surface area contributed by atoms with Crippen LogP contribution < -0.4 is 11.3 Å². The van der Waals surface area contributed by atoms with Crippen molar-refractivity contribution in [3.8, 4) is 0 Å². The number of pyridine rings is 1. The molecular formula is C11H16FN3O. The van der Waals surface area contributed by atoms with Crippen molar-refractivity contribution < 1.29 is 9.13 Å². The van der Waals surface area contributed by atoms with Gasteiger partial charge in [0.05, 0.1) is 24.4 Å². The minimum atomic E-state index is -0.358. The molecule has 3 N–H and O–H groups in total. The van der Waals surface area contributed by atoms with E-state index >= 15 is 0 Å². The zero-order chi connectivity index (χ0) is 11.5. The van der Waals surface area contributed by atoms with Gasteiger partial charge in [-0.1, -0.05) is 0 Å². The first-order chi connectivity index (χ1) is 7.70. The molecule has 16 heavy (non-hydrogen) atoms. The Morgan fingerprint density at radius 1 is 1.56 bits per heavy atom. The fourth-order valence-corrected chi connectivity index (χ4v) is 2.10. The zero-order valence-electron chi connectivity index (χ0n) is 9.19. The van der Waals surface area contributed by atoms with Gasteiger partial charge in [-0.3, -0.25) is 16.3 Å². The van der Waals surface area contributed by atoms with Crippen molar-refractivity contribution >= 4 is 0 Å². The maximum atomic E-state index is 13.1.